The highest BCUT2D eigenvalue weighted by Gasteiger charge is 2.33. The van der Waals surface area contributed by atoms with Crippen LogP contribution < -0.4 is 5.32 Å². The molecule has 1 saturated carbocycles. The molecule has 1 N–H and O–H groups in total. The molecule has 0 saturated heterocycles. The number of hydrogen-bond donors (Lipinski definition) is 1. The Kier molecular flexibility index (Phi) is 3.54. The van der Waals surface area contributed by atoms with Crippen molar-refractivity contribution >= 4 is 11.5 Å². The SMILES string of the molecule is CCCc1nn(C)c(NCC2CC2C)c1[N+](=O)[O-]. The predicted octanol–water partition coefficient (Wildman–Crippen LogP) is 2.35. The van der Waals surface area contributed by atoms with E-state index in [0.717, 1.165) is 18.9 Å². The second-order valence-corrected chi connectivity index (χ2v) is 5.13. The zero-order valence-electron chi connectivity index (χ0n) is 11.1. The molecule has 6 heteroatoms. The first-order chi connectivity index (χ1) is 8.54. The van der Waals surface area contributed by atoms with E-state index in [4.69, 9.17) is 0 Å². The first-order valence-electron chi connectivity index (χ1n) is 6.48. The number of aryl methyl sites for hydroxylation is 2. The summed E-state index contributed by atoms with van der Waals surface area (Å²) >= 11 is 0. The lowest BCUT2D eigenvalue weighted by molar-refractivity contribution is -0.384. The van der Waals surface area contributed by atoms with Crippen LogP contribution in [0.15, 0.2) is 0 Å². The zero-order valence-corrected chi connectivity index (χ0v) is 11.1. The molecule has 2 unspecified atom stereocenters. The van der Waals surface area contributed by atoms with Gasteiger partial charge in [0.2, 0.25) is 5.82 Å². The Hall–Kier alpha value is -1.59. The molecule has 2 rings (SSSR count). The van der Waals surface area contributed by atoms with Crippen molar-refractivity contribution in [3.63, 3.8) is 0 Å². The summed E-state index contributed by atoms with van der Waals surface area (Å²) in [7, 11) is 1.75. The average molecular weight is 252 g/mol. The summed E-state index contributed by atoms with van der Waals surface area (Å²) in [6.45, 7) is 5.00. The summed E-state index contributed by atoms with van der Waals surface area (Å²) in [5, 5.41) is 18.6. The minimum absolute atomic E-state index is 0.146. The van der Waals surface area contributed by atoms with Crippen molar-refractivity contribution < 1.29 is 4.92 Å². The summed E-state index contributed by atoms with van der Waals surface area (Å²) in [6.07, 6.45) is 2.71. The average Bonchev–Trinajstić information content (AvgIpc) is 2.89. The lowest BCUT2D eigenvalue weighted by Crippen LogP contribution is -2.09. The van der Waals surface area contributed by atoms with Crippen LogP contribution in [0.5, 0.6) is 0 Å². The molecule has 0 radical (unpaired) electrons. The third kappa shape index (κ3) is 2.47. The highest BCUT2D eigenvalue weighted by Crippen LogP contribution is 2.38. The van der Waals surface area contributed by atoms with Crippen molar-refractivity contribution in [3.8, 4) is 0 Å². The van der Waals surface area contributed by atoms with Crippen LogP contribution in [0.3, 0.4) is 0 Å². The highest BCUT2D eigenvalue weighted by molar-refractivity contribution is 5.60. The Morgan fingerprint density at radius 1 is 1.61 bits per heavy atom. The minimum atomic E-state index is -0.323. The standard InChI is InChI=1S/C12H20N4O2/c1-4-5-10-11(16(17)18)12(15(3)14-10)13-7-9-6-8(9)2/h8-9,13H,4-7H2,1-3H3. The fourth-order valence-electron chi connectivity index (χ4n) is 2.27. The van der Waals surface area contributed by atoms with Gasteiger partial charge in [0.25, 0.3) is 0 Å². The van der Waals surface area contributed by atoms with Crippen LogP contribution in [0.25, 0.3) is 0 Å². The van der Waals surface area contributed by atoms with Crippen molar-refractivity contribution in [1.82, 2.24) is 9.78 Å². The molecule has 6 nitrogen and oxygen atoms in total. The van der Waals surface area contributed by atoms with E-state index in [2.05, 4.69) is 17.3 Å². The number of hydrogen-bond acceptors (Lipinski definition) is 4. The zero-order chi connectivity index (χ0) is 13.3. The first-order valence-corrected chi connectivity index (χ1v) is 6.48. The number of aromatic nitrogens is 2. The molecule has 0 amide bonds. The molecule has 100 valence electrons. The fraction of sp³-hybridized carbons (Fsp3) is 0.750. The van der Waals surface area contributed by atoms with Crippen LogP contribution in [0, 0.1) is 22.0 Å². The van der Waals surface area contributed by atoms with Gasteiger partial charge in [-0.1, -0.05) is 20.3 Å². The molecule has 0 bridgehead atoms. The van der Waals surface area contributed by atoms with Gasteiger partial charge in [0, 0.05) is 13.6 Å². The molecular weight excluding hydrogens is 232 g/mol. The van der Waals surface area contributed by atoms with Gasteiger partial charge in [-0.2, -0.15) is 5.10 Å². The van der Waals surface area contributed by atoms with E-state index in [1.807, 2.05) is 6.92 Å². The summed E-state index contributed by atoms with van der Waals surface area (Å²) in [5.41, 5.74) is 0.726. The van der Waals surface area contributed by atoms with E-state index in [9.17, 15) is 10.1 Å². The van der Waals surface area contributed by atoms with Crippen molar-refractivity contribution in [2.24, 2.45) is 18.9 Å². The molecule has 0 aromatic carbocycles. The number of nitrogens with one attached hydrogen (secondary N) is 1. The van der Waals surface area contributed by atoms with Crippen molar-refractivity contribution in [1.29, 1.82) is 0 Å². The number of nitro groups is 1. The van der Waals surface area contributed by atoms with Crippen LogP contribution in [-0.2, 0) is 13.5 Å². The number of anilines is 1. The molecule has 0 aliphatic heterocycles. The summed E-state index contributed by atoms with van der Waals surface area (Å²) in [5.74, 6) is 1.93. The summed E-state index contributed by atoms with van der Waals surface area (Å²) < 4.78 is 1.59. The van der Waals surface area contributed by atoms with Gasteiger partial charge in [0.1, 0.15) is 5.69 Å². The quantitative estimate of drug-likeness (QED) is 0.623. The predicted molar refractivity (Wildman–Crippen MR) is 69.6 cm³/mol. The number of nitrogens with zero attached hydrogens (tertiary/aromatic N) is 3. The maximum atomic E-state index is 11.2. The van der Waals surface area contributed by atoms with E-state index >= 15 is 0 Å². The van der Waals surface area contributed by atoms with Gasteiger partial charge in [-0.15, -0.1) is 0 Å². The van der Waals surface area contributed by atoms with Crippen LogP contribution in [0.2, 0.25) is 0 Å². The van der Waals surface area contributed by atoms with Gasteiger partial charge in [-0.05, 0) is 24.7 Å². The van der Waals surface area contributed by atoms with Gasteiger partial charge in [0.05, 0.1) is 4.92 Å². The topological polar surface area (TPSA) is 73.0 Å². The lowest BCUT2D eigenvalue weighted by atomic mass is 10.2. The number of rotatable bonds is 6. The molecule has 1 fully saturated rings. The largest absolute Gasteiger partial charge is 0.364 e. The Morgan fingerprint density at radius 2 is 2.28 bits per heavy atom. The van der Waals surface area contributed by atoms with Crippen molar-refractivity contribution in [3.05, 3.63) is 15.8 Å². The van der Waals surface area contributed by atoms with Crippen molar-refractivity contribution in [2.45, 2.75) is 33.1 Å². The molecular formula is C12H20N4O2. The van der Waals surface area contributed by atoms with E-state index in [1.165, 1.54) is 6.42 Å². The summed E-state index contributed by atoms with van der Waals surface area (Å²) in [4.78, 5) is 10.8. The van der Waals surface area contributed by atoms with Crippen molar-refractivity contribution in [2.75, 3.05) is 11.9 Å². The molecule has 18 heavy (non-hydrogen) atoms. The normalized spacial score (nSPS) is 21.9. The monoisotopic (exact) mass is 252 g/mol. The van der Waals surface area contributed by atoms with Gasteiger partial charge in [-0.3, -0.25) is 10.1 Å². The third-order valence-electron chi connectivity index (χ3n) is 3.57. The van der Waals surface area contributed by atoms with E-state index in [0.29, 0.717) is 23.9 Å². The van der Waals surface area contributed by atoms with Crippen LogP contribution in [-0.4, -0.2) is 21.2 Å². The summed E-state index contributed by atoms with van der Waals surface area (Å²) in [6, 6.07) is 0. The van der Waals surface area contributed by atoms with E-state index < -0.39 is 0 Å². The molecule has 1 aliphatic carbocycles. The smallest absolute Gasteiger partial charge is 0.333 e. The van der Waals surface area contributed by atoms with E-state index in [-0.39, 0.29) is 10.6 Å². The Balaban J connectivity index is 2.18. The molecule has 1 heterocycles. The van der Waals surface area contributed by atoms with Crippen LogP contribution in [0.4, 0.5) is 11.5 Å². The van der Waals surface area contributed by atoms with Gasteiger partial charge < -0.3 is 5.32 Å². The molecule has 2 atom stereocenters. The highest BCUT2D eigenvalue weighted by atomic mass is 16.6. The van der Waals surface area contributed by atoms with Gasteiger partial charge in [-0.25, -0.2) is 4.68 Å². The molecule has 1 aromatic heterocycles. The fourth-order valence-corrected chi connectivity index (χ4v) is 2.27. The Morgan fingerprint density at radius 3 is 2.78 bits per heavy atom. The molecule has 1 aliphatic rings. The second kappa shape index (κ2) is 4.96. The van der Waals surface area contributed by atoms with Gasteiger partial charge >= 0.3 is 5.69 Å². The van der Waals surface area contributed by atoms with Crippen LogP contribution in [0.1, 0.15) is 32.4 Å². The second-order valence-electron chi connectivity index (χ2n) is 5.13. The lowest BCUT2D eigenvalue weighted by Gasteiger charge is -2.04. The van der Waals surface area contributed by atoms with Crippen LogP contribution >= 0.6 is 0 Å². The maximum absolute atomic E-state index is 11.2. The van der Waals surface area contributed by atoms with E-state index in [1.54, 1.807) is 11.7 Å². The van der Waals surface area contributed by atoms with Gasteiger partial charge in [0.15, 0.2) is 0 Å². The Labute approximate surface area is 107 Å². The molecule has 0 spiro atoms. The minimum Gasteiger partial charge on any atom is -0.364 e. The maximum Gasteiger partial charge on any atom is 0.333 e. The first kappa shape index (κ1) is 12.9. The Bertz CT molecular complexity index is 455. The molecule has 1 aromatic rings. The third-order valence-corrected chi connectivity index (χ3v) is 3.57.